The summed E-state index contributed by atoms with van der Waals surface area (Å²) < 4.78 is 8.43. The maximum Gasteiger partial charge on any atom is 0.291 e. The zero-order valence-corrected chi connectivity index (χ0v) is 19.9. The lowest BCUT2D eigenvalue weighted by Crippen LogP contribution is -2.13. The van der Waals surface area contributed by atoms with Crippen LogP contribution in [0.5, 0.6) is 0 Å². The summed E-state index contributed by atoms with van der Waals surface area (Å²) in [5.74, 6) is 0.717. The van der Waals surface area contributed by atoms with Crippen LogP contribution in [0, 0.1) is 6.92 Å². The molecule has 5 nitrogen and oxygen atoms in total. The summed E-state index contributed by atoms with van der Waals surface area (Å²) in [4.78, 5) is 17.8. The quantitative estimate of drug-likeness (QED) is 0.330. The number of carbonyl (C=O) groups excluding carboxylic acids is 1. The van der Waals surface area contributed by atoms with Crippen LogP contribution in [-0.2, 0) is 6.42 Å². The first-order valence-corrected chi connectivity index (χ1v) is 12.3. The Hall–Kier alpha value is -3.60. The van der Waals surface area contributed by atoms with E-state index >= 15 is 0 Å². The van der Waals surface area contributed by atoms with Crippen LogP contribution in [0.15, 0.2) is 71.4 Å². The van der Waals surface area contributed by atoms with Crippen molar-refractivity contribution in [1.29, 1.82) is 0 Å². The number of furan rings is 1. The second-order valence-corrected chi connectivity index (χ2v) is 9.18. The lowest BCUT2D eigenvalue weighted by atomic mass is 9.95. The largest absolute Gasteiger partial charge is 0.449 e. The molecule has 34 heavy (non-hydrogen) atoms. The second kappa shape index (κ2) is 9.72. The molecule has 1 saturated carbocycles. The molecular formula is C29H31N3O2. The van der Waals surface area contributed by atoms with E-state index in [1.54, 1.807) is 6.07 Å². The van der Waals surface area contributed by atoms with Crippen molar-refractivity contribution in [2.75, 3.05) is 5.32 Å². The van der Waals surface area contributed by atoms with E-state index in [4.69, 9.17) is 9.40 Å². The molecule has 2 heterocycles. The third-order valence-electron chi connectivity index (χ3n) is 6.74. The maximum absolute atomic E-state index is 12.9. The molecule has 4 aromatic rings. The van der Waals surface area contributed by atoms with Crippen LogP contribution in [0.4, 0.5) is 5.69 Å². The molecule has 5 rings (SSSR count). The first-order valence-electron chi connectivity index (χ1n) is 12.3. The predicted octanol–water partition coefficient (Wildman–Crippen LogP) is 7.44. The number of imidazole rings is 1. The molecule has 1 amide bonds. The Morgan fingerprint density at radius 3 is 2.62 bits per heavy atom. The van der Waals surface area contributed by atoms with E-state index in [0.29, 0.717) is 17.6 Å². The highest BCUT2D eigenvalue weighted by atomic mass is 16.4. The van der Waals surface area contributed by atoms with Crippen molar-refractivity contribution in [3.05, 3.63) is 83.9 Å². The fourth-order valence-corrected chi connectivity index (χ4v) is 4.81. The van der Waals surface area contributed by atoms with Gasteiger partial charge in [-0.3, -0.25) is 4.79 Å². The van der Waals surface area contributed by atoms with Gasteiger partial charge in [0.1, 0.15) is 5.69 Å². The molecule has 5 heteroatoms. The average molecular weight is 454 g/mol. The number of aryl methyl sites for hydroxylation is 2. The van der Waals surface area contributed by atoms with Gasteiger partial charge in [0, 0.05) is 17.3 Å². The Balaban J connectivity index is 1.49. The van der Waals surface area contributed by atoms with Crippen LogP contribution in [0.2, 0.25) is 0 Å². The van der Waals surface area contributed by atoms with Crippen molar-refractivity contribution in [3.63, 3.8) is 0 Å². The smallest absolute Gasteiger partial charge is 0.291 e. The van der Waals surface area contributed by atoms with Gasteiger partial charge >= 0.3 is 0 Å². The van der Waals surface area contributed by atoms with Crippen LogP contribution >= 0.6 is 0 Å². The number of amides is 1. The summed E-state index contributed by atoms with van der Waals surface area (Å²) >= 11 is 0. The average Bonchev–Trinajstić information content (AvgIpc) is 3.53. The lowest BCUT2D eigenvalue weighted by molar-refractivity contribution is 0.0997. The van der Waals surface area contributed by atoms with Gasteiger partial charge < -0.3 is 14.3 Å². The molecular weight excluding hydrogens is 422 g/mol. The highest BCUT2D eigenvalue weighted by Crippen LogP contribution is 2.38. The van der Waals surface area contributed by atoms with E-state index in [1.165, 1.54) is 30.4 Å². The van der Waals surface area contributed by atoms with E-state index in [0.717, 1.165) is 41.9 Å². The third kappa shape index (κ3) is 4.56. The van der Waals surface area contributed by atoms with Crippen LogP contribution in [0.3, 0.4) is 0 Å². The van der Waals surface area contributed by atoms with Gasteiger partial charge in [0.25, 0.3) is 5.91 Å². The summed E-state index contributed by atoms with van der Waals surface area (Å²) in [6.45, 7) is 4.18. The van der Waals surface area contributed by atoms with Gasteiger partial charge in [0.2, 0.25) is 0 Å². The molecule has 2 aromatic heterocycles. The minimum Gasteiger partial charge on any atom is -0.449 e. The number of aromatic nitrogens is 2. The van der Waals surface area contributed by atoms with E-state index in [2.05, 4.69) is 54.1 Å². The van der Waals surface area contributed by atoms with E-state index in [1.807, 2.05) is 30.6 Å². The summed E-state index contributed by atoms with van der Waals surface area (Å²) in [5, 5.41) is 2.97. The SMILES string of the molecule is CCc1cccc(NC(=O)c2ccc(-c3c(-c4ccc(C)cc4)ncn3C3CCCCC3)o2)c1. The highest BCUT2D eigenvalue weighted by Gasteiger charge is 2.25. The number of hydrogen-bond acceptors (Lipinski definition) is 3. The lowest BCUT2D eigenvalue weighted by Gasteiger charge is -2.24. The topological polar surface area (TPSA) is 60.1 Å². The molecule has 0 bridgehead atoms. The Bertz CT molecular complexity index is 1280. The van der Waals surface area contributed by atoms with Gasteiger partial charge in [-0.05, 0) is 56.0 Å². The van der Waals surface area contributed by atoms with Crippen LogP contribution in [-0.4, -0.2) is 15.5 Å². The number of hydrogen-bond donors (Lipinski definition) is 1. The monoisotopic (exact) mass is 453 g/mol. The zero-order chi connectivity index (χ0) is 23.5. The van der Waals surface area contributed by atoms with E-state index in [9.17, 15) is 4.79 Å². The van der Waals surface area contributed by atoms with Crippen molar-refractivity contribution in [2.45, 2.75) is 58.4 Å². The second-order valence-electron chi connectivity index (χ2n) is 9.18. The fraction of sp³-hybridized carbons (Fsp3) is 0.310. The molecule has 1 aliphatic rings. The number of nitrogens with zero attached hydrogens (tertiary/aromatic N) is 2. The number of carbonyl (C=O) groups is 1. The molecule has 0 saturated heterocycles. The van der Waals surface area contributed by atoms with Gasteiger partial charge in [0.05, 0.1) is 12.0 Å². The first-order chi connectivity index (χ1) is 16.6. The van der Waals surface area contributed by atoms with E-state index in [-0.39, 0.29) is 5.91 Å². The van der Waals surface area contributed by atoms with Gasteiger partial charge in [-0.1, -0.05) is 68.1 Å². The van der Waals surface area contributed by atoms with Crippen molar-refractivity contribution >= 4 is 11.6 Å². The molecule has 1 N–H and O–H groups in total. The van der Waals surface area contributed by atoms with Gasteiger partial charge in [-0.2, -0.15) is 0 Å². The molecule has 0 aliphatic heterocycles. The van der Waals surface area contributed by atoms with Crippen molar-refractivity contribution in [2.24, 2.45) is 0 Å². The molecule has 0 radical (unpaired) electrons. The third-order valence-corrected chi connectivity index (χ3v) is 6.74. The molecule has 2 aromatic carbocycles. The van der Waals surface area contributed by atoms with Gasteiger partial charge in [0.15, 0.2) is 11.5 Å². The molecule has 0 atom stereocenters. The Labute approximate surface area is 200 Å². The first kappa shape index (κ1) is 22.2. The van der Waals surface area contributed by atoms with Gasteiger partial charge in [-0.25, -0.2) is 4.98 Å². The zero-order valence-electron chi connectivity index (χ0n) is 19.9. The molecule has 1 aliphatic carbocycles. The summed E-state index contributed by atoms with van der Waals surface area (Å²) in [6, 6.07) is 20.4. The predicted molar refractivity (Wildman–Crippen MR) is 136 cm³/mol. The highest BCUT2D eigenvalue weighted by molar-refractivity contribution is 6.02. The molecule has 0 spiro atoms. The van der Waals surface area contributed by atoms with Crippen LogP contribution in [0.1, 0.15) is 66.8 Å². The number of anilines is 1. The number of benzene rings is 2. The van der Waals surface area contributed by atoms with Crippen molar-refractivity contribution in [3.8, 4) is 22.7 Å². The normalized spacial score (nSPS) is 14.3. The number of rotatable bonds is 6. The van der Waals surface area contributed by atoms with E-state index < -0.39 is 0 Å². The minimum atomic E-state index is -0.250. The molecule has 1 fully saturated rings. The number of nitrogens with one attached hydrogen (secondary N) is 1. The summed E-state index contributed by atoms with van der Waals surface area (Å²) in [5.41, 5.74) is 6.05. The van der Waals surface area contributed by atoms with Crippen molar-refractivity contribution < 1.29 is 9.21 Å². The van der Waals surface area contributed by atoms with Crippen LogP contribution in [0.25, 0.3) is 22.7 Å². The fourth-order valence-electron chi connectivity index (χ4n) is 4.81. The van der Waals surface area contributed by atoms with Gasteiger partial charge in [-0.15, -0.1) is 0 Å². The van der Waals surface area contributed by atoms with Crippen LogP contribution < -0.4 is 5.32 Å². The summed E-state index contributed by atoms with van der Waals surface area (Å²) in [6.07, 6.45) is 8.88. The standard InChI is InChI=1S/C29H31N3O2/c1-3-21-8-7-9-23(18-21)31-29(33)26-17-16-25(34-26)28-27(22-14-12-20(2)13-15-22)30-19-32(28)24-10-5-4-6-11-24/h7-9,12-19,24H,3-6,10-11H2,1-2H3,(H,31,33). The molecule has 174 valence electrons. The maximum atomic E-state index is 12.9. The Kier molecular flexibility index (Phi) is 6.35. The Morgan fingerprint density at radius 2 is 1.85 bits per heavy atom. The minimum absolute atomic E-state index is 0.250. The van der Waals surface area contributed by atoms with Crippen molar-refractivity contribution in [1.82, 2.24) is 9.55 Å². The summed E-state index contributed by atoms with van der Waals surface area (Å²) in [7, 11) is 0. The Morgan fingerprint density at radius 1 is 1.06 bits per heavy atom. The molecule has 0 unspecified atom stereocenters.